The summed E-state index contributed by atoms with van der Waals surface area (Å²) in [6.07, 6.45) is 0.424. The molecule has 0 aliphatic carbocycles. The van der Waals surface area contributed by atoms with Gasteiger partial charge >= 0.3 is 0 Å². The SMILES string of the molecule is O=C(N[C@@H](Nc1ccc(Cl)cc1)C(Cl)(Cl)Cl)c1ccco1. The average molecular weight is 368 g/mol. The van der Waals surface area contributed by atoms with Crippen molar-refractivity contribution in [3.05, 3.63) is 53.4 Å². The fourth-order valence-corrected chi connectivity index (χ4v) is 1.98. The zero-order chi connectivity index (χ0) is 15.5. The van der Waals surface area contributed by atoms with Gasteiger partial charge in [0.1, 0.15) is 6.17 Å². The molecule has 2 aromatic rings. The molecule has 112 valence electrons. The van der Waals surface area contributed by atoms with Crippen LogP contribution in [0.25, 0.3) is 0 Å². The van der Waals surface area contributed by atoms with Crippen LogP contribution in [0, 0.1) is 0 Å². The number of carbonyl (C=O) groups is 1. The highest BCUT2D eigenvalue weighted by atomic mass is 35.6. The van der Waals surface area contributed by atoms with Gasteiger partial charge in [-0.25, -0.2) is 0 Å². The number of nitrogens with one attached hydrogen (secondary N) is 2. The van der Waals surface area contributed by atoms with Gasteiger partial charge in [-0.1, -0.05) is 46.4 Å². The summed E-state index contributed by atoms with van der Waals surface area (Å²) in [6.45, 7) is 0. The van der Waals surface area contributed by atoms with Crippen molar-refractivity contribution < 1.29 is 9.21 Å². The van der Waals surface area contributed by atoms with Gasteiger partial charge in [0.15, 0.2) is 5.76 Å². The molecule has 0 spiro atoms. The molecule has 1 aromatic heterocycles. The average Bonchev–Trinajstić information content (AvgIpc) is 2.93. The lowest BCUT2D eigenvalue weighted by molar-refractivity contribution is 0.0914. The molecule has 0 saturated carbocycles. The van der Waals surface area contributed by atoms with Gasteiger partial charge in [-0.15, -0.1) is 0 Å². The molecule has 1 aromatic carbocycles. The third-order valence-electron chi connectivity index (χ3n) is 2.50. The molecule has 1 atom stereocenters. The Hall–Kier alpha value is -1.07. The lowest BCUT2D eigenvalue weighted by Crippen LogP contribution is -2.49. The largest absolute Gasteiger partial charge is 0.459 e. The number of hydrogen-bond acceptors (Lipinski definition) is 3. The third-order valence-corrected chi connectivity index (χ3v) is 3.41. The standard InChI is InChI=1S/C13H10Cl4N2O2/c14-8-3-5-9(6-4-8)18-12(13(15,16)17)19-11(20)10-2-1-7-21-10/h1-7,12,18H,(H,19,20)/t12-/m1/s1. The normalized spacial score (nSPS) is 12.8. The van der Waals surface area contributed by atoms with Crippen molar-refractivity contribution in [3.8, 4) is 0 Å². The minimum absolute atomic E-state index is 0.118. The Bertz CT molecular complexity index is 594. The van der Waals surface area contributed by atoms with Crippen LogP contribution in [0.2, 0.25) is 5.02 Å². The molecule has 8 heteroatoms. The second-order valence-electron chi connectivity index (χ2n) is 4.08. The highest BCUT2D eigenvalue weighted by Gasteiger charge is 2.34. The highest BCUT2D eigenvalue weighted by Crippen LogP contribution is 2.31. The van der Waals surface area contributed by atoms with E-state index >= 15 is 0 Å². The summed E-state index contributed by atoms with van der Waals surface area (Å²) in [6, 6.07) is 9.84. The zero-order valence-corrected chi connectivity index (χ0v) is 13.5. The number of anilines is 1. The highest BCUT2D eigenvalue weighted by molar-refractivity contribution is 6.68. The molecule has 0 aliphatic rings. The summed E-state index contributed by atoms with van der Waals surface area (Å²) in [5, 5.41) is 6.04. The van der Waals surface area contributed by atoms with E-state index < -0.39 is 15.9 Å². The molecule has 21 heavy (non-hydrogen) atoms. The number of furan rings is 1. The summed E-state index contributed by atoms with van der Waals surface area (Å²) < 4.78 is 3.23. The van der Waals surface area contributed by atoms with Crippen LogP contribution in [0.4, 0.5) is 5.69 Å². The van der Waals surface area contributed by atoms with Crippen molar-refractivity contribution in [3.63, 3.8) is 0 Å². The topological polar surface area (TPSA) is 54.3 Å². The predicted molar refractivity (Wildman–Crippen MR) is 85.3 cm³/mol. The number of hydrogen-bond donors (Lipinski definition) is 2. The van der Waals surface area contributed by atoms with E-state index in [1.807, 2.05) is 0 Å². The van der Waals surface area contributed by atoms with Crippen molar-refractivity contribution in [1.82, 2.24) is 5.32 Å². The van der Waals surface area contributed by atoms with Gasteiger partial charge in [0.25, 0.3) is 5.91 Å². The Morgan fingerprint density at radius 2 is 1.81 bits per heavy atom. The Balaban J connectivity index is 2.12. The molecule has 0 unspecified atom stereocenters. The summed E-state index contributed by atoms with van der Waals surface area (Å²) in [5.41, 5.74) is 0.635. The quantitative estimate of drug-likeness (QED) is 0.619. The summed E-state index contributed by atoms with van der Waals surface area (Å²) in [5.74, 6) is -0.384. The molecule has 4 nitrogen and oxygen atoms in total. The fourth-order valence-electron chi connectivity index (χ4n) is 1.52. The second-order valence-corrected chi connectivity index (χ2v) is 6.88. The molecule has 2 N–H and O–H groups in total. The Labute approximate surface area is 141 Å². The molecule has 0 saturated heterocycles. The number of carbonyl (C=O) groups excluding carboxylic acids is 1. The van der Waals surface area contributed by atoms with Crippen molar-refractivity contribution in [2.45, 2.75) is 9.96 Å². The first-order valence-corrected chi connectivity index (χ1v) is 7.30. The molecule has 0 fully saturated rings. The monoisotopic (exact) mass is 366 g/mol. The van der Waals surface area contributed by atoms with Gasteiger partial charge in [0.2, 0.25) is 3.79 Å². The van der Waals surface area contributed by atoms with Crippen LogP contribution in [0.5, 0.6) is 0 Å². The van der Waals surface area contributed by atoms with Gasteiger partial charge in [0, 0.05) is 10.7 Å². The van der Waals surface area contributed by atoms with Crippen molar-refractivity contribution in [1.29, 1.82) is 0 Å². The van der Waals surface area contributed by atoms with Crippen molar-refractivity contribution >= 4 is 58.0 Å². The van der Waals surface area contributed by atoms with Crippen molar-refractivity contribution in [2.75, 3.05) is 5.32 Å². The Kier molecular flexibility index (Phi) is 5.27. The van der Waals surface area contributed by atoms with Crippen LogP contribution in [0.1, 0.15) is 10.6 Å². The van der Waals surface area contributed by atoms with Gasteiger partial charge in [-0.3, -0.25) is 4.79 Å². The number of halogens is 4. The van der Waals surface area contributed by atoms with E-state index in [2.05, 4.69) is 10.6 Å². The van der Waals surface area contributed by atoms with Crippen molar-refractivity contribution in [2.24, 2.45) is 0 Å². The summed E-state index contributed by atoms with van der Waals surface area (Å²) in [4.78, 5) is 12.0. The first kappa shape index (κ1) is 16.3. The Morgan fingerprint density at radius 3 is 2.33 bits per heavy atom. The zero-order valence-electron chi connectivity index (χ0n) is 10.4. The predicted octanol–water partition coefficient (Wildman–Crippen LogP) is 4.47. The molecule has 1 amide bonds. The maximum Gasteiger partial charge on any atom is 0.288 e. The first-order valence-electron chi connectivity index (χ1n) is 5.79. The van der Waals surface area contributed by atoms with Gasteiger partial charge in [-0.05, 0) is 36.4 Å². The number of alkyl halides is 3. The van der Waals surface area contributed by atoms with E-state index in [0.29, 0.717) is 10.7 Å². The molecule has 0 radical (unpaired) electrons. The van der Waals surface area contributed by atoms with E-state index in [1.54, 1.807) is 30.3 Å². The van der Waals surface area contributed by atoms with Crippen LogP contribution in [-0.4, -0.2) is 15.9 Å². The maximum absolute atomic E-state index is 12.0. The summed E-state index contributed by atoms with van der Waals surface area (Å²) >= 11 is 23.5. The van der Waals surface area contributed by atoms with Crippen LogP contribution in [0.15, 0.2) is 47.1 Å². The molecule has 0 bridgehead atoms. The number of benzene rings is 1. The van der Waals surface area contributed by atoms with E-state index in [1.165, 1.54) is 12.3 Å². The molecule has 0 aliphatic heterocycles. The first-order chi connectivity index (χ1) is 9.86. The number of amides is 1. The lowest BCUT2D eigenvalue weighted by atomic mass is 10.3. The Morgan fingerprint density at radius 1 is 1.14 bits per heavy atom. The molecule has 2 rings (SSSR count). The van der Waals surface area contributed by atoms with Crippen LogP contribution in [0.3, 0.4) is 0 Å². The smallest absolute Gasteiger partial charge is 0.288 e. The molecule has 1 heterocycles. The summed E-state index contributed by atoms with van der Waals surface area (Å²) in [7, 11) is 0. The fraction of sp³-hybridized carbons (Fsp3) is 0.154. The van der Waals surface area contributed by atoms with Gasteiger partial charge in [0.05, 0.1) is 6.26 Å². The maximum atomic E-state index is 12.0. The van der Waals surface area contributed by atoms with Crippen LogP contribution >= 0.6 is 46.4 Å². The van der Waals surface area contributed by atoms with Crippen LogP contribution in [-0.2, 0) is 0 Å². The third kappa shape index (κ3) is 4.71. The van der Waals surface area contributed by atoms with Gasteiger partial charge in [-0.2, -0.15) is 0 Å². The second kappa shape index (κ2) is 6.79. The van der Waals surface area contributed by atoms with E-state index in [-0.39, 0.29) is 5.76 Å². The van der Waals surface area contributed by atoms with E-state index in [4.69, 9.17) is 50.8 Å². The van der Waals surface area contributed by atoms with E-state index in [0.717, 1.165) is 0 Å². The van der Waals surface area contributed by atoms with E-state index in [9.17, 15) is 4.79 Å². The number of rotatable bonds is 4. The minimum atomic E-state index is -1.76. The van der Waals surface area contributed by atoms with Crippen LogP contribution < -0.4 is 10.6 Å². The molecular formula is C13H10Cl4N2O2. The van der Waals surface area contributed by atoms with Gasteiger partial charge < -0.3 is 15.1 Å². The minimum Gasteiger partial charge on any atom is -0.459 e. The lowest BCUT2D eigenvalue weighted by Gasteiger charge is -2.27. The molecular weight excluding hydrogens is 358 g/mol.